The quantitative estimate of drug-likeness (QED) is 0.314. The van der Waals surface area contributed by atoms with Crippen LogP contribution < -0.4 is 15.6 Å². The van der Waals surface area contributed by atoms with Crippen LogP contribution in [-0.4, -0.2) is 21.1 Å². The molecule has 0 saturated heterocycles. The van der Waals surface area contributed by atoms with Crippen LogP contribution in [0.15, 0.2) is 51.1 Å². The van der Waals surface area contributed by atoms with Gasteiger partial charge in [-0.25, -0.2) is 9.78 Å². The minimum absolute atomic E-state index is 0.0432. The smallest absolute Gasteiger partial charge is 0.437 e. The Morgan fingerprint density at radius 3 is 2.87 bits per heavy atom. The third-order valence-corrected chi connectivity index (χ3v) is 5.73. The first-order chi connectivity index (χ1) is 14.8. The lowest BCUT2D eigenvalue weighted by Gasteiger charge is -2.08. The van der Waals surface area contributed by atoms with Crippen molar-refractivity contribution in [3.8, 4) is 22.8 Å². The van der Waals surface area contributed by atoms with Crippen LogP contribution in [0, 0.1) is 13.8 Å². The number of hydrogen-bond acceptors (Lipinski definition) is 7. The number of aryl methyl sites for hydroxylation is 2. The van der Waals surface area contributed by atoms with Gasteiger partial charge in [-0.15, -0.1) is 11.3 Å². The van der Waals surface area contributed by atoms with Crippen molar-refractivity contribution in [3.05, 3.63) is 74.5 Å². The molecule has 4 aromatic rings. The molecule has 0 spiro atoms. The number of hydrogen-bond donors (Lipinski definition) is 3. The highest BCUT2D eigenvalue weighted by atomic mass is 32.1. The van der Waals surface area contributed by atoms with Gasteiger partial charge in [-0.1, -0.05) is 24.3 Å². The fourth-order valence-electron chi connectivity index (χ4n) is 3.27. The number of rotatable bonds is 6. The molecule has 2 heterocycles. The summed E-state index contributed by atoms with van der Waals surface area (Å²) in [5, 5.41) is 18.4. The van der Waals surface area contributed by atoms with Crippen molar-refractivity contribution in [1.29, 1.82) is 0 Å². The number of phenols is 1. The zero-order valence-corrected chi connectivity index (χ0v) is 18.0. The summed E-state index contributed by atoms with van der Waals surface area (Å²) in [6, 6.07) is 11.0. The van der Waals surface area contributed by atoms with E-state index in [-0.39, 0.29) is 23.6 Å². The fourth-order valence-corrected chi connectivity index (χ4v) is 3.97. The van der Waals surface area contributed by atoms with Gasteiger partial charge in [0.25, 0.3) is 0 Å². The second kappa shape index (κ2) is 8.19. The highest BCUT2D eigenvalue weighted by molar-refractivity contribution is 7.14. The monoisotopic (exact) mass is 437 g/mol. The van der Waals surface area contributed by atoms with E-state index in [1.165, 1.54) is 18.3 Å². The van der Waals surface area contributed by atoms with Gasteiger partial charge < -0.3 is 10.4 Å². The van der Waals surface area contributed by atoms with E-state index in [9.17, 15) is 14.7 Å². The third-order valence-electron chi connectivity index (χ3n) is 4.93. The van der Waals surface area contributed by atoms with E-state index < -0.39 is 5.63 Å². The number of Topliss-reactive ketones (excluding diaryl/α,β-unsaturated/α-hetero) is 1. The fraction of sp³-hybridized carbons (Fsp3) is 0.182. The lowest BCUT2D eigenvalue weighted by Crippen LogP contribution is -2.37. The van der Waals surface area contributed by atoms with E-state index in [0.29, 0.717) is 22.1 Å². The van der Waals surface area contributed by atoms with Gasteiger partial charge in [-0.2, -0.15) is 0 Å². The van der Waals surface area contributed by atoms with Gasteiger partial charge in [0.15, 0.2) is 16.6 Å². The molecule has 158 valence electrons. The Hall–Kier alpha value is -3.72. The molecular weight excluding hydrogens is 416 g/mol. The zero-order valence-electron chi connectivity index (χ0n) is 17.2. The minimum atomic E-state index is -0.524. The van der Waals surface area contributed by atoms with E-state index in [1.807, 2.05) is 32.0 Å². The van der Waals surface area contributed by atoms with Crippen LogP contribution in [0.5, 0.6) is 5.75 Å². The van der Waals surface area contributed by atoms with Crippen LogP contribution in [0.2, 0.25) is 0 Å². The number of carbonyl (C=O) groups is 1. The van der Waals surface area contributed by atoms with Gasteiger partial charge in [0.05, 0.1) is 5.56 Å². The van der Waals surface area contributed by atoms with Crippen molar-refractivity contribution in [1.82, 2.24) is 10.3 Å². The van der Waals surface area contributed by atoms with E-state index in [4.69, 9.17) is 4.52 Å². The van der Waals surface area contributed by atoms with Gasteiger partial charge in [-0.05, 0) is 42.4 Å². The predicted molar refractivity (Wildman–Crippen MR) is 117 cm³/mol. The van der Waals surface area contributed by atoms with Crippen molar-refractivity contribution in [2.75, 3.05) is 5.32 Å². The Morgan fingerprint density at radius 2 is 2.10 bits per heavy atom. The number of H-pyrrole nitrogens is 1. The molecule has 0 aliphatic carbocycles. The molecule has 2 aromatic carbocycles. The molecule has 4 rings (SSSR count). The summed E-state index contributed by atoms with van der Waals surface area (Å²) in [5.74, 6) is -0.246. The Kier molecular flexibility index (Phi) is 5.43. The number of para-hydroxylation sites is 1. The second-order valence-electron chi connectivity index (χ2n) is 7.22. The third kappa shape index (κ3) is 3.99. The Morgan fingerprint density at radius 1 is 1.29 bits per heavy atom. The Labute approximate surface area is 181 Å². The normalized spacial score (nSPS) is 10.9. The Bertz CT molecular complexity index is 1340. The summed E-state index contributed by atoms with van der Waals surface area (Å²) in [5.41, 5.74) is 3.91. The second-order valence-corrected chi connectivity index (χ2v) is 8.07. The molecular formula is C22H21N4O4S+. The number of aromatic amines is 1. The van der Waals surface area contributed by atoms with Crippen LogP contribution in [-0.2, 0) is 6.54 Å². The molecule has 2 aromatic heterocycles. The van der Waals surface area contributed by atoms with Gasteiger partial charge in [0, 0.05) is 29.1 Å². The van der Waals surface area contributed by atoms with Crippen LogP contribution in [0.25, 0.3) is 17.1 Å². The number of nitrogens with one attached hydrogen (secondary N) is 2. The minimum Gasteiger partial charge on any atom is -0.507 e. The molecule has 0 fully saturated rings. The van der Waals surface area contributed by atoms with Gasteiger partial charge in [-0.3, -0.25) is 9.32 Å². The molecule has 0 aliphatic heterocycles. The molecule has 3 N–H and O–H groups in total. The van der Waals surface area contributed by atoms with Crippen molar-refractivity contribution in [2.45, 2.75) is 27.3 Å². The maximum absolute atomic E-state index is 12.4. The van der Waals surface area contributed by atoms with Crippen LogP contribution in [0.3, 0.4) is 0 Å². The van der Waals surface area contributed by atoms with Gasteiger partial charge >= 0.3 is 11.3 Å². The summed E-state index contributed by atoms with van der Waals surface area (Å²) < 4.78 is 6.64. The largest absolute Gasteiger partial charge is 0.507 e. The molecule has 31 heavy (non-hydrogen) atoms. The average Bonchev–Trinajstić information content (AvgIpc) is 3.35. The number of phenolic OH excluding ortho intramolecular Hbond substituents is 1. The van der Waals surface area contributed by atoms with Gasteiger partial charge in [0.2, 0.25) is 5.69 Å². The van der Waals surface area contributed by atoms with Crippen LogP contribution in [0.1, 0.15) is 34.0 Å². The maximum atomic E-state index is 12.4. The molecule has 0 unspecified atom stereocenters. The Balaban J connectivity index is 1.62. The zero-order chi connectivity index (χ0) is 22.1. The number of carbonyl (C=O) groups excluding carboxylic acids is 1. The standard InChI is InChI=1S/C22H20N4O4S/c1-12-7-8-13(2)18(9-12)26-19(21(29)30-25-26)17-11-31-22(24-17)23-10-15-5-4-6-16(14(3)27)20(15)28/h4-9,11H,10H2,1-3H3,(H2-,23,24,25,27,28,29)/p+1. The molecule has 0 atom stereocenters. The van der Waals surface area contributed by atoms with E-state index in [0.717, 1.165) is 16.8 Å². The van der Waals surface area contributed by atoms with Crippen LogP contribution >= 0.6 is 11.3 Å². The lowest BCUT2D eigenvalue weighted by molar-refractivity contribution is -0.660. The maximum Gasteiger partial charge on any atom is 0.437 e. The predicted octanol–water partition coefficient (Wildman–Crippen LogP) is 3.51. The summed E-state index contributed by atoms with van der Waals surface area (Å²) in [7, 11) is 0. The summed E-state index contributed by atoms with van der Waals surface area (Å²) >= 11 is 1.32. The average molecular weight is 438 g/mol. The highest BCUT2D eigenvalue weighted by Gasteiger charge is 2.29. The van der Waals surface area contributed by atoms with Crippen molar-refractivity contribution >= 4 is 22.3 Å². The van der Waals surface area contributed by atoms with Gasteiger partial charge in [0.1, 0.15) is 5.75 Å². The first-order valence-electron chi connectivity index (χ1n) is 9.58. The number of ketones is 1. The molecule has 9 heteroatoms. The van der Waals surface area contributed by atoms with Crippen molar-refractivity contribution in [3.63, 3.8) is 0 Å². The van der Waals surface area contributed by atoms with E-state index in [2.05, 4.69) is 15.6 Å². The molecule has 0 saturated carbocycles. The summed E-state index contributed by atoms with van der Waals surface area (Å²) in [6.45, 7) is 5.61. The van der Waals surface area contributed by atoms with Crippen LogP contribution in [0.4, 0.5) is 5.13 Å². The van der Waals surface area contributed by atoms with Crippen molar-refractivity contribution < 1.29 is 19.1 Å². The van der Waals surface area contributed by atoms with Crippen molar-refractivity contribution in [2.24, 2.45) is 0 Å². The topological polar surface area (TPSA) is 112 Å². The summed E-state index contributed by atoms with van der Waals surface area (Å²) in [4.78, 5) is 28.5. The molecule has 8 nitrogen and oxygen atoms in total. The number of anilines is 1. The molecule has 0 bridgehead atoms. The first kappa shape index (κ1) is 20.5. The number of aromatic nitrogens is 3. The lowest BCUT2D eigenvalue weighted by atomic mass is 10.1. The number of thiazole rings is 1. The molecule has 0 radical (unpaired) electrons. The first-order valence-corrected chi connectivity index (χ1v) is 10.5. The van der Waals surface area contributed by atoms with E-state index >= 15 is 0 Å². The highest BCUT2D eigenvalue weighted by Crippen LogP contribution is 2.26. The number of nitrogens with zero attached hydrogens (tertiary/aromatic N) is 2. The number of benzene rings is 2. The number of aromatic hydroxyl groups is 1. The van der Waals surface area contributed by atoms with E-state index in [1.54, 1.807) is 28.3 Å². The summed E-state index contributed by atoms with van der Waals surface area (Å²) in [6.07, 6.45) is 0. The SMILES string of the molecule is CC(=O)c1cccc(CNc2nc(-c3c(=O)o[nH][n+]3-c3cc(C)ccc3C)cs2)c1O. The molecule has 0 amide bonds. The molecule has 0 aliphatic rings.